The number of ether oxygens (including phenoxy) is 2. The Bertz CT molecular complexity index is 1530. The SMILES string of the molecule is Nc1c(F)c(Oc2c(F)cc(C(F)(F)F)c(Oc3c(F)c(N)c(C(F)(F)F)c(F)c3F)c2F)c(F)c(F)c1C(F)(F)F. The molecular formula is C21H5F17N2O2. The molecule has 0 saturated heterocycles. The predicted molar refractivity (Wildman–Crippen MR) is 103 cm³/mol. The zero-order valence-corrected chi connectivity index (χ0v) is 19.0. The normalized spacial score (nSPS) is 12.6. The van der Waals surface area contributed by atoms with E-state index in [1.54, 1.807) is 0 Å². The van der Waals surface area contributed by atoms with Gasteiger partial charge in [0.05, 0.1) is 11.4 Å². The van der Waals surface area contributed by atoms with Gasteiger partial charge >= 0.3 is 18.5 Å². The summed E-state index contributed by atoms with van der Waals surface area (Å²) in [4.78, 5) is 0. The average molecular weight is 640 g/mol. The van der Waals surface area contributed by atoms with Gasteiger partial charge in [-0.05, 0) is 6.07 Å². The summed E-state index contributed by atoms with van der Waals surface area (Å²) in [6.07, 6.45) is -17.8. The van der Waals surface area contributed by atoms with Crippen LogP contribution in [0.3, 0.4) is 0 Å². The van der Waals surface area contributed by atoms with Gasteiger partial charge in [0.15, 0.2) is 34.8 Å². The Hall–Kier alpha value is -4.33. The molecule has 0 saturated carbocycles. The predicted octanol–water partition coefficient (Wildman–Crippen LogP) is 8.60. The number of halogens is 17. The maximum absolute atomic E-state index is 15.1. The third-order valence-electron chi connectivity index (χ3n) is 5.05. The van der Waals surface area contributed by atoms with Gasteiger partial charge in [-0.2, -0.15) is 52.7 Å². The van der Waals surface area contributed by atoms with Crippen molar-refractivity contribution in [2.75, 3.05) is 11.5 Å². The van der Waals surface area contributed by atoms with Crippen LogP contribution in [0.2, 0.25) is 0 Å². The molecule has 0 unspecified atom stereocenters. The molecule has 0 bridgehead atoms. The van der Waals surface area contributed by atoms with Crippen molar-refractivity contribution in [2.24, 2.45) is 0 Å². The van der Waals surface area contributed by atoms with Gasteiger partial charge in [0.2, 0.25) is 34.7 Å². The first kappa shape index (κ1) is 32.2. The van der Waals surface area contributed by atoms with Gasteiger partial charge in [-0.3, -0.25) is 0 Å². The fraction of sp³-hybridized carbons (Fsp3) is 0.143. The lowest BCUT2D eigenvalue weighted by atomic mass is 10.1. The van der Waals surface area contributed by atoms with Gasteiger partial charge in [-0.15, -0.1) is 0 Å². The standard InChI is InChI=1S/C21H5F17N2O2/c22-3-1-2(19(30,31)32)15(41-17-8(25)6(23)4(20(33,34)35)13(39)10(17)27)12(29)16(3)42-18-9(26)7(24)5(21(36,37)38)14(40)11(18)28/h1H,39-40H2. The topological polar surface area (TPSA) is 70.5 Å². The molecule has 0 fully saturated rings. The van der Waals surface area contributed by atoms with Crippen LogP contribution in [0.15, 0.2) is 6.07 Å². The highest BCUT2D eigenvalue weighted by molar-refractivity contribution is 5.59. The van der Waals surface area contributed by atoms with Crippen molar-refractivity contribution in [3.05, 3.63) is 69.3 Å². The molecule has 0 aliphatic carbocycles. The second-order valence-electron chi connectivity index (χ2n) is 7.70. The molecule has 42 heavy (non-hydrogen) atoms. The molecule has 3 aromatic rings. The van der Waals surface area contributed by atoms with Gasteiger partial charge in [0.25, 0.3) is 0 Å². The van der Waals surface area contributed by atoms with Crippen molar-refractivity contribution in [3.8, 4) is 23.0 Å². The highest BCUT2D eigenvalue weighted by Gasteiger charge is 2.45. The lowest BCUT2D eigenvalue weighted by molar-refractivity contribution is -0.140. The van der Waals surface area contributed by atoms with Crippen molar-refractivity contribution in [1.29, 1.82) is 0 Å². The number of hydrogen-bond donors (Lipinski definition) is 2. The number of hydrogen-bond acceptors (Lipinski definition) is 4. The molecule has 0 spiro atoms. The Morgan fingerprint density at radius 1 is 0.429 bits per heavy atom. The maximum atomic E-state index is 15.1. The Morgan fingerprint density at radius 3 is 1.12 bits per heavy atom. The highest BCUT2D eigenvalue weighted by atomic mass is 19.4. The molecule has 3 rings (SSSR count). The second kappa shape index (κ2) is 10.2. The molecule has 0 aliphatic heterocycles. The van der Waals surface area contributed by atoms with Crippen LogP contribution in [-0.2, 0) is 18.5 Å². The fourth-order valence-electron chi connectivity index (χ4n) is 3.24. The van der Waals surface area contributed by atoms with Crippen molar-refractivity contribution < 1.29 is 84.1 Å². The quantitative estimate of drug-likeness (QED) is 0.170. The molecule has 4 nitrogen and oxygen atoms in total. The number of alkyl halides is 9. The van der Waals surface area contributed by atoms with E-state index in [0.29, 0.717) is 0 Å². The van der Waals surface area contributed by atoms with Crippen LogP contribution in [0.5, 0.6) is 23.0 Å². The monoisotopic (exact) mass is 640 g/mol. The Morgan fingerprint density at radius 2 is 0.786 bits per heavy atom. The molecule has 0 aromatic heterocycles. The van der Waals surface area contributed by atoms with Crippen molar-refractivity contribution in [1.82, 2.24) is 0 Å². The molecule has 3 aromatic carbocycles. The van der Waals surface area contributed by atoms with E-state index in [-0.39, 0.29) is 0 Å². The fourth-order valence-corrected chi connectivity index (χ4v) is 3.24. The highest BCUT2D eigenvalue weighted by Crippen LogP contribution is 2.49. The van der Waals surface area contributed by atoms with E-state index < -0.39 is 122 Å². The molecule has 0 amide bonds. The third kappa shape index (κ3) is 5.33. The van der Waals surface area contributed by atoms with E-state index in [4.69, 9.17) is 11.5 Å². The Balaban J connectivity index is 2.32. The van der Waals surface area contributed by atoms with E-state index in [1.165, 1.54) is 0 Å². The van der Waals surface area contributed by atoms with Crippen LogP contribution in [0.25, 0.3) is 0 Å². The minimum atomic E-state index is -5.99. The van der Waals surface area contributed by atoms with Gasteiger partial charge in [-0.1, -0.05) is 0 Å². The van der Waals surface area contributed by atoms with Crippen molar-refractivity contribution in [2.45, 2.75) is 18.5 Å². The maximum Gasteiger partial charge on any atom is 0.421 e. The van der Waals surface area contributed by atoms with E-state index in [0.717, 1.165) is 0 Å². The zero-order chi connectivity index (χ0) is 32.4. The lowest BCUT2D eigenvalue weighted by Gasteiger charge is -2.20. The minimum absolute atomic E-state index is 0.854. The average Bonchev–Trinajstić information content (AvgIpc) is 2.82. The Labute approximate surface area is 218 Å². The summed E-state index contributed by atoms with van der Waals surface area (Å²) in [5, 5.41) is 0. The van der Waals surface area contributed by atoms with Crippen LogP contribution >= 0.6 is 0 Å². The van der Waals surface area contributed by atoms with Gasteiger partial charge in [0.1, 0.15) is 16.7 Å². The molecule has 0 aliphatic rings. The van der Waals surface area contributed by atoms with Crippen molar-refractivity contribution in [3.63, 3.8) is 0 Å². The number of rotatable bonds is 4. The van der Waals surface area contributed by atoms with Crippen molar-refractivity contribution >= 4 is 11.4 Å². The van der Waals surface area contributed by atoms with Crippen LogP contribution in [0.4, 0.5) is 86.0 Å². The third-order valence-corrected chi connectivity index (χ3v) is 5.05. The number of anilines is 2. The molecule has 0 atom stereocenters. The summed E-state index contributed by atoms with van der Waals surface area (Å²) in [6, 6.07) is -0.854. The first-order valence-electron chi connectivity index (χ1n) is 9.93. The first-order chi connectivity index (χ1) is 18.9. The number of nitrogen functional groups attached to an aromatic ring is 2. The number of nitrogens with two attached hydrogens (primary N) is 2. The van der Waals surface area contributed by atoms with Crippen LogP contribution in [0.1, 0.15) is 16.7 Å². The second-order valence-corrected chi connectivity index (χ2v) is 7.70. The molecule has 0 radical (unpaired) electrons. The summed E-state index contributed by atoms with van der Waals surface area (Å²) in [7, 11) is 0. The molecular weight excluding hydrogens is 635 g/mol. The lowest BCUT2D eigenvalue weighted by Crippen LogP contribution is -2.17. The zero-order valence-electron chi connectivity index (χ0n) is 19.0. The smallest absolute Gasteiger partial charge is 0.421 e. The number of benzene rings is 3. The summed E-state index contributed by atoms with van der Waals surface area (Å²) < 4.78 is 240. The van der Waals surface area contributed by atoms with Crippen LogP contribution in [0, 0.1) is 46.5 Å². The van der Waals surface area contributed by atoms with Gasteiger partial charge in [-0.25, -0.2) is 22.0 Å². The van der Waals surface area contributed by atoms with Gasteiger partial charge in [0, 0.05) is 0 Å². The van der Waals surface area contributed by atoms with Crippen LogP contribution in [-0.4, -0.2) is 0 Å². The van der Waals surface area contributed by atoms with E-state index in [1.807, 2.05) is 0 Å². The largest absolute Gasteiger partial charge is 0.447 e. The summed E-state index contributed by atoms with van der Waals surface area (Å²) >= 11 is 0. The minimum Gasteiger partial charge on any atom is -0.447 e. The molecule has 230 valence electrons. The molecule has 4 N–H and O–H groups in total. The molecule has 21 heteroatoms. The van der Waals surface area contributed by atoms with Crippen LogP contribution < -0.4 is 20.9 Å². The Kier molecular flexibility index (Phi) is 7.81. The van der Waals surface area contributed by atoms with Gasteiger partial charge < -0.3 is 20.9 Å². The summed E-state index contributed by atoms with van der Waals surface area (Å²) in [5.41, 5.74) is -3.41. The van der Waals surface area contributed by atoms with E-state index in [2.05, 4.69) is 9.47 Å². The molecule has 0 heterocycles. The van der Waals surface area contributed by atoms with E-state index in [9.17, 15) is 70.2 Å². The summed E-state index contributed by atoms with van der Waals surface area (Å²) in [5.74, 6) is -33.4. The van der Waals surface area contributed by atoms with E-state index >= 15 is 4.39 Å². The summed E-state index contributed by atoms with van der Waals surface area (Å²) in [6.45, 7) is 0. The first-order valence-corrected chi connectivity index (χ1v) is 9.93.